The molecule has 1 aromatic carbocycles. The van der Waals surface area contributed by atoms with E-state index in [1.807, 2.05) is 43.3 Å². The summed E-state index contributed by atoms with van der Waals surface area (Å²) in [6, 6.07) is 10.3. The van der Waals surface area contributed by atoms with Crippen molar-refractivity contribution in [1.29, 1.82) is 0 Å². The number of furan rings is 1. The molecule has 27 heavy (non-hydrogen) atoms. The fraction of sp³-hybridized carbons (Fsp3) is 0.150. The fourth-order valence-corrected chi connectivity index (χ4v) is 2.55. The van der Waals surface area contributed by atoms with Crippen LogP contribution in [0.4, 0.5) is 10.5 Å². The molecule has 1 fully saturated rings. The van der Waals surface area contributed by atoms with Crippen LogP contribution in [0.1, 0.15) is 11.3 Å². The maximum absolute atomic E-state index is 12.5. The van der Waals surface area contributed by atoms with Gasteiger partial charge in [0.2, 0.25) is 0 Å². The summed E-state index contributed by atoms with van der Waals surface area (Å²) in [6.07, 6.45) is 6.24. The average molecular weight is 365 g/mol. The zero-order valence-corrected chi connectivity index (χ0v) is 15.0. The quantitative estimate of drug-likeness (QED) is 0.650. The van der Waals surface area contributed by atoms with Crippen LogP contribution in [-0.2, 0) is 16.1 Å². The fourth-order valence-electron chi connectivity index (χ4n) is 2.55. The summed E-state index contributed by atoms with van der Waals surface area (Å²) in [5.74, 6) is -0.926. The molecule has 4 amide bonds. The van der Waals surface area contributed by atoms with E-state index < -0.39 is 17.8 Å². The Balaban J connectivity index is 1.76. The van der Waals surface area contributed by atoms with Gasteiger partial charge in [-0.25, -0.2) is 4.79 Å². The first-order valence-corrected chi connectivity index (χ1v) is 8.31. The maximum Gasteiger partial charge on any atom is 0.331 e. The van der Waals surface area contributed by atoms with Gasteiger partial charge in [0.1, 0.15) is 11.3 Å². The summed E-state index contributed by atoms with van der Waals surface area (Å²) in [5.41, 5.74) is 1.88. The molecule has 1 aromatic heterocycles. The van der Waals surface area contributed by atoms with Crippen molar-refractivity contribution < 1.29 is 18.8 Å². The Morgan fingerprint density at radius 1 is 1.11 bits per heavy atom. The minimum absolute atomic E-state index is 0.0437. The van der Waals surface area contributed by atoms with E-state index in [4.69, 9.17) is 4.42 Å². The lowest BCUT2D eigenvalue weighted by Gasteiger charge is -2.25. The molecule has 0 radical (unpaired) electrons. The second-order valence-electron chi connectivity index (χ2n) is 6.16. The maximum atomic E-state index is 12.5. The molecule has 7 nitrogen and oxygen atoms in total. The molecule has 0 spiro atoms. The van der Waals surface area contributed by atoms with E-state index in [0.717, 1.165) is 16.2 Å². The molecule has 0 unspecified atom stereocenters. The first-order chi connectivity index (χ1) is 13.0. The van der Waals surface area contributed by atoms with Crippen molar-refractivity contribution in [3.05, 3.63) is 71.7 Å². The number of nitrogens with one attached hydrogen (secondary N) is 1. The minimum atomic E-state index is -0.762. The van der Waals surface area contributed by atoms with Crippen molar-refractivity contribution in [2.45, 2.75) is 6.54 Å². The molecule has 7 heteroatoms. The molecule has 2 heterocycles. The van der Waals surface area contributed by atoms with Crippen LogP contribution in [0.3, 0.4) is 0 Å². The highest BCUT2D eigenvalue weighted by molar-refractivity contribution is 6.28. The highest BCUT2D eigenvalue weighted by Gasteiger charge is 2.35. The van der Waals surface area contributed by atoms with Gasteiger partial charge in [-0.15, -0.1) is 0 Å². The monoisotopic (exact) mass is 365 g/mol. The van der Waals surface area contributed by atoms with Crippen LogP contribution in [-0.4, -0.2) is 36.8 Å². The lowest BCUT2D eigenvalue weighted by Crippen LogP contribution is -2.53. The van der Waals surface area contributed by atoms with Gasteiger partial charge in [0.05, 0.1) is 12.8 Å². The zero-order chi connectivity index (χ0) is 19.4. The minimum Gasteiger partial charge on any atom is -0.467 e. The molecule has 1 N–H and O–H groups in total. The predicted molar refractivity (Wildman–Crippen MR) is 101 cm³/mol. The van der Waals surface area contributed by atoms with Gasteiger partial charge in [0.25, 0.3) is 11.8 Å². The Kier molecular flexibility index (Phi) is 5.21. The normalized spacial score (nSPS) is 16.3. The van der Waals surface area contributed by atoms with Gasteiger partial charge >= 0.3 is 6.03 Å². The summed E-state index contributed by atoms with van der Waals surface area (Å²) in [5, 5.41) is 2.17. The summed E-state index contributed by atoms with van der Waals surface area (Å²) in [7, 11) is 3.91. The van der Waals surface area contributed by atoms with Crippen LogP contribution in [0, 0.1) is 0 Å². The number of benzene rings is 1. The molecule has 0 aliphatic carbocycles. The second kappa shape index (κ2) is 7.74. The van der Waals surface area contributed by atoms with E-state index in [9.17, 15) is 14.4 Å². The van der Waals surface area contributed by atoms with Crippen LogP contribution in [0.5, 0.6) is 0 Å². The number of allylic oxidation sites excluding steroid dienone is 2. The van der Waals surface area contributed by atoms with E-state index in [1.165, 1.54) is 12.3 Å². The number of rotatable bonds is 5. The molecule has 1 aliphatic heterocycles. The second-order valence-corrected chi connectivity index (χ2v) is 6.16. The third-order valence-corrected chi connectivity index (χ3v) is 4.04. The summed E-state index contributed by atoms with van der Waals surface area (Å²) in [4.78, 5) is 39.4. The number of anilines is 1. The molecule has 0 atom stereocenters. The van der Waals surface area contributed by atoms with E-state index in [-0.39, 0.29) is 12.1 Å². The molecule has 138 valence electrons. The third-order valence-electron chi connectivity index (χ3n) is 4.04. The topological polar surface area (TPSA) is 82.9 Å². The Morgan fingerprint density at radius 2 is 1.85 bits per heavy atom. The van der Waals surface area contributed by atoms with Gasteiger partial charge in [-0.2, -0.15) is 0 Å². The Hall–Kier alpha value is -3.61. The van der Waals surface area contributed by atoms with Gasteiger partial charge in [-0.3, -0.25) is 19.8 Å². The van der Waals surface area contributed by atoms with Crippen LogP contribution < -0.4 is 10.2 Å². The number of hydrogen-bond acceptors (Lipinski definition) is 5. The van der Waals surface area contributed by atoms with Crippen LogP contribution in [0.25, 0.3) is 6.08 Å². The van der Waals surface area contributed by atoms with Crippen LogP contribution >= 0.6 is 0 Å². The highest BCUT2D eigenvalue weighted by Crippen LogP contribution is 2.16. The smallest absolute Gasteiger partial charge is 0.331 e. The number of imide groups is 2. The molecule has 1 saturated heterocycles. The lowest BCUT2D eigenvalue weighted by molar-refractivity contribution is -0.130. The Bertz CT molecular complexity index is 909. The number of urea groups is 1. The Morgan fingerprint density at radius 3 is 2.48 bits per heavy atom. The van der Waals surface area contributed by atoms with Crippen LogP contribution in [0.2, 0.25) is 0 Å². The molecule has 2 aromatic rings. The summed E-state index contributed by atoms with van der Waals surface area (Å²) >= 11 is 0. The molecule has 0 saturated carbocycles. The van der Waals surface area contributed by atoms with Crippen molar-refractivity contribution in [2.75, 3.05) is 19.0 Å². The molecule has 3 rings (SSSR count). The van der Waals surface area contributed by atoms with Crippen molar-refractivity contribution in [3.63, 3.8) is 0 Å². The van der Waals surface area contributed by atoms with E-state index in [2.05, 4.69) is 5.32 Å². The van der Waals surface area contributed by atoms with Gasteiger partial charge < -0.3 is 9.32 Å². The number of carbonyl (C=O) groups excluding carboxylic acids is 3. The van der Waals surface area contributed by atoms with Gasteiger partial charge in [-0.1, -0.05) is 24.3 Å². The standard InChI is InChI=1S/C20H19N3O4/c1-22(2)15-10-8-14(9-11-15)5-3-7-17-18(24)21-20(26)23(19(17)25)13-16-6-4-12-27-16/h3-12H,13H2,1-2H3,(H,21,24,26)/b5-3+,17-7+. The molecule has 0 bridgehead atoms. The zero-order valence-electron chi connectivity index (χ0n) is 15.0. The summed E-state index contributed by atoms with van der Waals surface area (Å²) in [6.45, 7) is -0.0437. The van der Waals surface area contributed by atoms with Crippen molar-refractivity contribution >= 4 is 29.6 Å². The first kappa shape index (κ1) is 18.2. The van der Waals surface area contributed by atoms with E-state index in [0.29, 0.717) is 5.76 Å². The van der Waals surface area contributed by atoms with Crippen molar-refractivity contribution in [2.24, 2.45) is 0 Å². The highest BCUT2D eigenvalue weighted by atomic mass is 16.3. The van der Waals surface area contributed by atoms with E-state index >= 15 is 0 Å². The number of hydrogen-bond donors (Lipinski definition) is 1. The lowest BCUT2D eigenvalue weighted by atomic mass is 10.1. The van der Waals surface area contributed by atoms with Gasteiger partial charge in [0, 0.05) is 19.8 Å². The Labute approximate surface area is 156 Å². The van der Waals surface area contributed by atoms with Gasteiger partial charge in [0.15, 0.2) is 0 Å². The molecule has 1 aliphatic rings. The largest absolute Gasteiger partial charge is 0.467 e. The van der Waals surface area contributed by atoms with Crippen LogP contribution in [0.15, 0.2) is 64.8 Å². The number of amides is 4. The van der Waals surface area contributed by atoms with Crippen molar-refractivity contribution in [3.8, 4) is 0 Å². The summed E-state index contributed by atoms with van der Waals surface area (Å²) < 4.78 is 5.16. The first-order valence-electron chi connectivity index (χ1n) is 8.31. The number of nitrogens with zero attached hydrogens (tertiary/aromatic N) is 2. The SMILES string of the molecule is CN(C)c1ccc(/C=C/C=C2\C(=O)NC(=O)N(Cc3ccco3)C2=O)cc1. The van der Waals surface area contributed by atoms with E-state index in [1.54, 1.807) is 24.3 Å². The average Bonchev–Trinajstić information content (AvgIpc) is 3.15. The third kappa shape index (κ3) is 4.14. The van der Waals surface area contributed by atoms with Crippen molar-refractivity contribution in [1.82, 2.24) is 10.2 Å². The predicted octanol–water partition coefficient (Wildman–Crippen LogP) is 2.56. The van der Waals surface area contributed by atoms with Gasteiger partial charge in [-0.05, 0) is 35.9 Å². The number of carbonyl (C=O) groups is 3. The number of barbiturate groups is 1. The molecular formula is C20H19N3O4. The molecular weight excluding hydrogens is 346 g/mol.